The number of benzene rings is 2. The van der Waals surface area contributed by atoms with Crippen molar-refractivity contribution in [1.82, 2.24) is 46.0 Å². The minimum atomic E-state index is -1.03. The molecule has 68 heavy (non-hydrogen) atoms. The molecule has 0 spiro atoms. The Morgan fingerprint density at radius 2 is 1.69 bits per heavy atom. The van der Waals surface area contributed by atoms with E-state index in [0.717, 1.165) is 32.6 Å². The minimum Gasteiger partial charge on any atom is -0.486 e. The number of pyridine rings is 2. The van der Waals surface area contributed by atoms with Crippen LogP contribution in [-0.4, -0.2) is 90.1 Å². The van der Waals surface area contributed by atoms with Crippen LogP contribution in [0.1, 0.15) is 93.8 Å². The van der Waals surface area contributed by atoms with Crippen LogP contribution in [0, 0.1) is 17.8 Å². The lowest BCUT2D eigenvalue weighted by molar-refractivity contribution is -0.144. The summed E-state index contributed by atoms with van der Waals surface area (Å²) >= 11 is 14.3. The molecule has 2 aromatic carbocycles. The van der Waals surface area contributed by atoms with Crippen LogP contribution in [-0.2, 0) is 14.4 Å². The number of aryl methyl sites for hydroxylation is 1. The average molecular weight is 981 g/mol. The molecule has 5 heterocycles. The van der Waals surface area contributed by atoms with Gasteiger partial charge in [-0.15, -0.1) is 17.9 Å². The number of hydrogen-bond donors (Lipinski definition) is 5. The van der Waals surface area contributed by atoms with Crippen molar-refractivity contribution in [1.29, 1.82) is 0 Å². The van der Waals surface area contributed by atoms with Crippen molar-refractivity contribution < 1.29 is 29.0 Å². The van der Waals surface area contributed by atoms with Gasteiger partial charge in [0.15, 0.2) is 0 Å². The SMILES string of the molecule is C=C[C@H](NC(=O)[C@@H]1C[C@@H](O)CN1C(=O)C(NC(=O)CC(C)(C)CNC(=O)c1ccc(-c2n[nH]c3ccc(O[C@H](C)c4c(Cl)cncc4Cl)cc23)cn1)C(C)(C)C)c1ccc(-c2scnc2C)cc1. The van der Waals surface area contributed by atoms with Crippen molar-refractivity contribution in [2.75, 3.05) is 13.1 Å². The van der Waals surface area contributed by atoms with Crippen LogP contribution < -0.4 is 20.7 Å². The predicted molar refractivity (Wildman–Crippen MR) is 264 cm³/mol. The summed E-state index contributed by atoms with van der Waals surface area (Å²) in [4.78, 5) is 70.4. The molecule has 1 saturated heterocycles. The highest BCUT2D eigenvalue weighted by molar-refractivity contribution is 7.13. The monoisotopic (exact) mass is 979 g/mol. The summed E-state index contributed by atoms with van der Waals surface area (Å²) in [5.74, 6) is -1.20. The van der Waals surface area contributed by atoms with Gasteiger partial charge in [0.1, 0.15) is 35.3 Å². The number of halogens is 2. The van der Waals surface area contributed by atoms with Crippen molar-refractivity contribution in [2.24, 2.45) is 10.8 Å². The van der Waals surface area contributed by atoms with Crippen LogP contribution in [0.5, 0.6) is 5.75 Å². The molecule has 7 rings (SSSR count). The van der Waals surface area contributed by atoms with Crippen LogP contribution in [0.25, 0.3) is 32.6 Å². The van der Waals surface area contributed by atoms with E-state index in [0.29, 0.717) is 32.6 Å². The summed E-state index contributed by atoms with van der Waals surface area (Å²) in [6, 6.07) is 14.1. The number of ether oxygens (including phenoxy) is 1. The van der Waals surface area contributed by atoms with Gasteiger partial charge in [-0.3, -0.25) is 34.2 Å². The van der Waals surface area contributed by atoms with E-state index in [1.165, 1.54) is 17.3 Å². The van der Waals surface area contributed by atoms with Crippen LogP contribution >= 0.6 is 34.5 Å². The van der Waals surface area contributed by atoms with Crippen LogP contribution in [0.15, 0.2) is 91.4 Å². The number of carbonyl (C=O) groups excluding carboxylic acids is 4. The zero-order valence-electron chi connectivity index (χ0n) is 38.9. The van der Waals surface area contributed by atoms with E-state index in [1.807, 2.05) is 90.9 Å². The number of fused-ring (bicyclic) bond motifs is 1. The molecule has 4 aromatic heterocycles. The molecule has 1 fully saturated rings. The molecule has 5 atom stereocenters. The number of β-amino-alcohol motifs (C(OH)–C–C–N with tert-alkyl or cyclic N) is 1. The summed E-state index contributed by atoms with van der Waals surface area (Å²) in [5.41, 5.74) is 5.88. The van der Waals surface area contributed by atoms with Crippen molar-refractivity contribution >= 4 is 69.1 Å². The molecule has 1 unspecified atom stereocenters. The molecule has 4 amide bonds. The molecule has 1 aliphatic heterocycles. The number of nitrogens with one attached hydrogen (secondary N) is 4. The largest absolute Gasteiger partial charge is 0.486 e. The fourth-order valence-corrected chi connectivity index (χ4v) is 9.70. The van der Waals surface area contributed by atoms with Crippen molar-refractivity contribution in [3.63, 3.8) is 0 Å². The number of hydrogen-bond acceptors (Lipinski definition) is 11. The van der Waals surface area contributed by atoms with Gasteiger partial charge in [-0.1, -0.05) is 88.2 Å². The summed E-state index contributed by atoms with van der Waals surface area (Å²) < 4.78 is 6.20. The highest BCUT2D eigenvalue weighted by atomic mass is 35.5. The fraction of sp³-hybridized carbons (Fsp3) is 0.360. The molecule has 18 heteroatoms. The first kappa shape index (κ1) is 49.7. The second-order valence-electron chi connectivity index (χ2n) is 18.9. The van der Waals surface area contributed by atoms with Crippen LogP contribution in [0.2, 0.25) is 10.0 Å². The first-order chi connectivity index (χ1) is 32.2. The molecule has 0 radical (unpaired) electrons. The van der Waals surface area contributed by atoms with Gasteiger partial charge in [0.2, 0.25) is 17.7 Å². The number of rotatable bonds is 16. The Bertz CT molecular complexity index is 2800. The van der Waals surface area contributed by atoms with Gasteiger partial charge in [-0.05, 0) is 66.1 Å². The Morgan fingerprint density at radius 3 is 2.32 bits per heavy atom. The molecular weight excluding hydrogens is 926 g/mol. The maximum absolute atomic E-state index is 14.3. The van der Waals surface area contributed by atoms with E-state index in [2.05, 4.69) is 47.7 Å². The predicted octanol–water partition coefficient (Wildman–Crippen LogP) is 8.58. The van der Waals surface area contributed by atoms with Crippen molar-refractivity contribution in [3.8, 4) is 27.4 Å². The fourth-order valence-electron chi connectivity index (χ4n) is 8.22. The topological polar surface area (TPSA) is 204 Å². The summed E-state index contributed by atoms with van der Waals surface area (Å²) in [7, 11) is 0. The Labute approximate surface area is 409 Å². The van der Waals surface area contributed by atoms with E-state index in [9.17, 15) is 24.3 Å². The second kappa shape index (κ2) is 20.6. The van der Waals surface area contributed by atoms with Gasteiger partial charge in [-0.2, -0.15) is 5.10 Å². The second-order valence-corrected chi connectivity index (χ2v) is 20.6. The zero-order valence-corrected chi connectivity index (χ0v) is 41.2. The number of aromatic amines is 1. The lowest BCUT2D eigenvalue weighted by Crippen LogP contribution is -2.58. The van der Waals surface area contributed by atoms with E-state index >= 15 is 0 Å². The van der Waals surface area contributed by atoms with Crippen molar-refractivity contribution in [2.45, 2.75) is 91.6 Å². The van der Waals surface area contributed by atoms with Gasteiger partial charge >= 0.3 is 0 Å². The van der Waals surface area contributed by atoms with Crippen molar-refractivity contribution in [3.05, 3.63) is 124 Å². The van der Waals surface area contributed by atoms with Gasteiger partial charge in [0, 0.05) is 61.0 Å². The number of thiazole rings is 1. The number of aliphatic hydroxyl groups is 1. The lowest BCUT2D eigenvalue weighted by Gasteiger charge is -2.36. The third kappa shape index (κ3) is 11.4. The molecule has 15 nitrogen and oxygen atoms in total. The molecule has 1 aliphatic rings. The Balaban J connectivity index is 0.945. The third-order valence-electron chi connectivity index (χ3n) is 11.9. The number of amides is 4. The molecule has 0 saturated carbocycles. The Morgan fingerprint density at radius 1 is 0.985 bits per heavy atom. The van der Waals surface area contributed by atoms with Crippen LogP contribution in [0.3, 0.4) is 0 Å². The number of nitrogens with zero attached hydrogens (tertiary/aromatic N) is 5. The van der Waals surface area contributed by atoms with E-state index in [1.54, 1.807) is 41.3 Å². The smallest absolute Gasteiger partial charge is 0.269 e. The van der Waals surface area contributed by atoms with Crippen LogP contribution in [0.4, 0.5) is 0 Å². The molecule has 5 N–H and O–H groups in total. The van der Waals surface area contributed by atoms with Gasteiger partial charge in [0.25, 0.3) is 5.91 Å². The number of aromatic nitrogens is 5. The third-order valence-corrected chi connectivity index (χ3v) is 13.5. The first-order valence-electron chi connectivity index (χ1n) is 22.1. The maximum atomic E-state index is 14.3. The van der Waals surface area contributed by atoms with Gasteiger partial charge < -0.3 is 30.7 Å². The number of likely N-dealkylation sites (tertiary alicyclic amines) is 1. The molecular formula is C50H55Cl2N9O6S. The highest BCUT2D eigenvalue weighted by Gasteiger charge is 2.45. The number of aliphatic hydroxyl groups excluding tert-OH is 1. The molecule has 6 aromatic rings. The highest BCUT2D eigenvalue weighted by Crippen LogP contribution is 2.36. The number of carbonyl (C=O) groups is 4. The molecule has 0 bridgehead atoms. The normalized spacial score (nSPS) is 16.5. The quantitative estimate of drug-likeness (QED) is 0.0585. The first-order valence-corrected chi connectivity index (χ1v) is 23.8. The standard InChI is InChI=1S/C50H55Cl2N9O6S/c1-9-37(29-10-12-30(13-11-29)44-27(2)56-26-68-44)57-47(65)40-18-32(62)24-61(40)48(66)45(49(4,5)6)58-41(63)20-50(7,8)25-55-46(64)39-16-14-31(21-54-39)43-34-19-33(15-17-38(34)59-60-43)67-28(3)42-35(51)22-53-23-36(42)52/h9-17,19,21-23,26,28,32,37,40,45,62H,1,18,20,24-25H2,2-8H3,(H,55,64)(H,57,65)(H,58,63)(H,59,60)/t28-,32-,37+,40+,45?/m1/s1. The molecule has 356 valence electrons. The Hall–Kier alpha value is -6.20. The summed E-state index contributed by atoms with van der Waals surface area (Å²) in [6.45, 7) is 16.9. The lowest BCUT2D eigenvalue weighted by atomic mass is 9.84. The Kier molecular flexibility index (Phi) is 15.0. The summed E-state index contributed by atoms with van der Waals surface area (Å²) in [6.07, 6.45) is 4.82. The minimum absolute atomic E-state index is 0.0340. The average Bonchev–Trinajstić information content (AvgIpc) is 4.04. The van der Waals surface area contributed by atoms with E-state index in [-0.39, 0.29) is 31.6 Å². The zero-order chi connectivity index (χ0) is 49.1. The number of H-pyrrole nitrogens is 1. The molecule has 0 aliphatic carbocycles. The van der Waals surface area contributed by atoms with Gasteiger partial charge in [-0.25, -0.2) is 4.98 Å². The maximum Gasteiger partial charge on any atom is 0.269 e. The summed E-state index contributed by atoms with van der Waals surface area (Å²) in [5, 5.41) is 28.7. The van der Waals surface area contributed by atoms with E-state index in [4.69, 9.17) is 27.9 Å². The van der Waals surface area contributed by atoms with Gasteiger partial charge in [0.05, 0.1) is 43.8 Å². The van der Waals surface area contributed by atoms with E-state index < -0.39 is 64.8 Å².